The molecule has 0 radical (unpaired) electrons. The van der Waals surface area contributed by atoms with Crippen LogP contribution in [0.1, 0.15) is 22.8 Å². The van der Waals surface area contributed by atoms with Crippen molar-refractivity contribution in [1.29, 1.82) is 0 Å². The molecule has 0 aliphatic carbocycles. The minimum Gasteiger partial charge on any atom is -0.496 e. The Morgan fingerprint density at radius 2 is 1.70 bits per heavy atom. The van der Waals surface area contributed by atoms with Crippen LogP contribution in [0.25, 0.3) is 6.08 Å². The van der Waals surface area contributed by atoms with Crippen LogP contribution in [0.3, 0.4) is 0 Å². The lowest BCUT2D eigenvalue weighted by atomic mass is 10.0. The number of carbonyl (C=O) groups excluding carboxylic acids is 1. The van der Waals surface area contributed by atoms with Gasteiger partial charge in [-0.15, -0.1) is 0 Å². The summed E-state index contributed by atoms with van der Waals surface area (Å²) in [4.78, 5) is 14.8. The molecule has 0 amide bonds. The van der Waals surface area contributed by atoms with E-state index in [4.69, 9.17) is 18.9 Å². The molecule has 0 aromatic heterocycles. The standard InChI is InChI=1S/C21H23NO5/c1-13(8-15-10-19-20(27-12-26-19)11-18(15)25-5)21(23)14-6-7-17(24-4)16(9-14)22(2)3/h6-11H,12H2,1-5H3/b13-8+. The third-order valence-electron chi connectivity index (χ3n) is 4.38. The van der Waals surface area contributed by atoms with E-state index in [0.29, 0.717) is 28.4 Å². The van der Waals surface area contributed by atoms with E-state index in [9.17, 15) is 4.79 Å². The minimum absolute atomic E-state index is 0.0690. The van der Waals surface area contributed by atoms with Crippen LogP contribution in [-0.4, -0.2) is 40.9 Å². The normalized spacial score (nSPS) is 12.7. The van der Waals surface area contributed by atoms with Crippen molar-refractivity contribution in [2.24, 2.45) is 0 Å². The van der Waals surface area contributed by atoms with Crippen LogP contribution in [0.5, 0.6) is 23.0 Å². The minimum atomic E-state index is -0.0690. The maximum Gasteiger partial charge on any atom is 0.231 e. The number of hydrogen-bond acceptors (Lipinski definition) is 6. The van der Waals surface area contributed by atoms with Crippen molar-refractivity contribution >= 4 is 17.5 Å². The second-order valence-corrected chi connectivity index (χ2v) is 6.38. The van der Waals surface area contributed by atoms with Crippen LogP contribution in [0.4, 0.5) is 5.69 Å². The highest BCUT2D eigenvalue weighted by Crippen LogP contribution is 2.39. The number of carbonyl (C=O) groups is 1. The average Bonchev–Trinajstić information content (AvgIpc) is 3.13. The molecule has 6 nitrogen and oxygen atoms in total. The van der Waals surface area contributed by atoms with Gasteiger partial charge in [-0.1, -0.05) is 0 Å². The van der Waals surface area contributed by atoms with Gasteiger partial charge in [-0.2, -0.15) is 0 Å². The zero-order valence-corrected chi connectivity index (χ0v) is 16.2. The van der Waals surface area contributed by atoms with E-state index in [1.165, 1.54) is 0 Å². The summed E-state index contributed by atoms with van der Waals surface area (Å²) in [5, 5.41) is 0. The molecule has 0 spiro atoms. The molecular formula is C21H23NO5. The molecule has 0 fully saturated rings. The van der Waals surface area contributed by atoms with Gasteiger partial charge in [-0.05, 0) is 42.8 Å². The Kier molecular flexibility index (Phi) is 5.26. The van der Waals surface area contributed by atoms with Crippen LogP contribution < -0.4 is 23.8 Å². The summed E-state index contributed by atoms with van der Waals surface area (Å²) in [7, 11) is 7.01. The van der Waals surface area contributed by atoms with E-state index in [1.54, 1.807) is 45.4 Å². The number of ether oxygens (including phenoxy) is 4. The third-order valence-corrected chi connectivity index (χ3v) is 4.38. The molecule has 27 heavy (non-hydrogen) atoms. The lowest BCUT2D eigenvalue weighted by Gasteiger charge is -2.17. The van der Waals surface area contributed by atoms with Gasteiger partial charge in [0.1, 0.15) is 11.5 Å². The highest BCUT2D eigenvalue weighted by molar-refractivity contribution is 6.11. The summed E-state index contributed by atoms with van der Waals surface area (Å²) in [6.07, 6.45) is 1.79. The summed E-state index contributed by atoms with van der Waals surface area (Å²) in [5.41, 5.74) is 2.78. The first-order chi connectivity index (χ1) is 12.9. The Labute approximate surface area is 158 Å². The number of rotatable bonds is 6. The van der Waals surface area contributed by atoms with E-state index < -0.39 is 0 Å². The second-order valence-electron chi connectivity index (χ2n) is 6.38. The molecule has 6 heteroatoms. The maximum absolute atomic E-state index is 12.9. The molecule has 0 saturated carbocycles. The predicted molar refractivity (Wildman–Crippen MR) is 104 cm³/mol. The van der Waals surface area contributed by atoms with Gasteiger partial charge in [0, 0.05) is 31.3 Å². The van der Waals surface area contributed by atoms with E-state index in [2.05, 4.69) is 0 Å². The molecule has 2 aromatic carbocycles. The van der Waals surface area contributed by atoms with Crippen LogP contribution in [0.2, 0.25) is 0 Å². The van der Waals surface area contributed by atoms with Gasteiger partial charge in [0.2, 0.25) is 6.79 Å². The summed E-state index contributed by atoms with van der Waals surface area (Å²) >= 11 is 0. The van der Waals surface area contributed by atoms with Crippen LogP contribution in [0, 0.1) is 0 Å². The van der Waals surface area contributed by atoms with Crippen molar-refractivity contribution in [3.8, 4) is 23.0 Å². The van der Waals surface area contributed by atoms with Crippen molar-refractivity contribution in [2.75, 3.05) is 40.0 Å². The summed E-state index contributed by atoms with van der Waals surface area (Å²) < 4.78 is 21.6. The molecule has 1 aliphatic rings. The third kappa shape index (κ3) is 3.69. The quantitative estimate of drug-likeness (QED) is 0.570. The number of methoxy groups -OCH3 is 2. The highest BCUT2D eigenvalue weighted by Gasteiger charge is 2.18. The molecule has 0 N–H and O–H groups in total. The van der Waals surface area contributed by atoms with E-state index in [-0.39, 0.29) is 12.6 Å². The number of anilines is 1. The average molecular weight is 369 g/mol. The van der Waals surface area contributed by atoms with Crippen molar-refractivity contribution < 1.29 is 23.7 Å². The molecule has 1 aliphatic heterocycles. The molecule has 0 bridgehead atoms. The molecule has 0 unspecified atom stereocenters. The Morgan fingerprint density at radius 3 is 2.33 bits per heavy atom. The molecule has 1 heterocycles. The van der Waals surface area contributed by atoms with Gasteiger partial charge < -0.3 is 23.8 Å². The number of nitrogens with zero attached hydrogens (tertiary/aromatic N) is 1. The molecule has 0 saturated heterocycles. The topological polar surface area (TPSA) is 57.2 Å². The first kappa shape index (κ1) is 18.6. The van der Waals surface area contributed by atoms with Crippen LogP contribution in [0.15, 0.2) is 35.9 Å². The number of fused-ring (bicyclic) bond motifs is 1. The lowest BCUT2D eigenvalue weighted by molar-refractivity contribution is 0.103. The molecule has 0 atom stereocenters. The van der Waals surface area contributed by atoms with Crippen molar-refractivity contribution in [2.45, 2.75) is 6.92 Å². The SMILES string of the molecule is COc1cc2c(cc1/C=C(\C)C(=O)c1ccc(OC)c(N(C)C)c1)OCO2. The number of allylic oxidation sites excluding steroid dienone is 1. The van der Waals surface area contributed by atoms with Gasteiger partial charge in [0.25, 0.3) is 0 Å². The lowest BCUT2D eigenvalue weighted by Crippen LogP contribution is -2.11. The molecule has 3 rings (SSSR count). The van der Waals surface area contributed by atoms with Gasteiger partial charge in [-0.25, -0.2) is 0 Å². The first-order valence-corrected chi connectivity index (χ1v) is 8.50. The monoisotopic (exact) mass is 369 g/mol. The number of hydrogen-bond donors (Lipinski definition) is 0. The van der Waals surface area contributed by atoms with Crippen molar-refractivity contribution in [3.63, 3.8) is 0 Å². The Balaban J connectivity index is 1.95. The second kappa shape index (κ2) is 7.61. The molecular weight excluding hydrogens is 346 g/mol. The number of ketones is 1. The smallest absolute Gasteiger partial charge is 0.231 e. The molecule has 142 valence electrons. The fourth-order valence-corrected chi connectivity index (χ4v) is 2.94. The number of benzene rings is 2. The Morgan fingerprint density at radius 1 is 1.04 bits per heavy atom. The summed E-state index contributed by atoms with van der Waals surface area (Å²) in [6, 6.07) is 8.98. The predicted octanol–water partition coefficient (Wildman–Crippen LogP) is 3.78. The molecule has 2 aromatic rings. The van der Waals surface area contributed by atoms with Crippen LogP contribution in [-0.2, 0) is 0 Å². The number of Topliss-reactive ketones (excluding diaryl/α,β-unsaturated/α-hetero) is 1. The fraction of sp³-hybridized carbons (Fsp3) is 0.286. The first-order valence-electron chi connectivity index (χ1n) is 8.50. The Hall–Kier alpha value is -3.15. The zero-order chi connectivity index (χ0) is 19.6. The van der Waals surface area contributed by atoms with Gasteiger partial charge in [0.05, 0.1) is 19.9 Å². The van der Waals surface area contributed by atoms with E-state index in [1.807, 2.05) is 31.1 Å². The van der Waals surface area contributed by atoms with Crippen molar-refractivity contribution in [3.05, 3.63) is 47.0 Å². The van der Waals surface area contributed by atoms with Gasteiger partial charge >= 0.3 is 0 Å². The van der Waals surface area contributed by atoms with E-state index in [0.717, 1.165) is 17.0 Å². The highest BCUT2D eigenvalue weighted by atomic mass is 16.7. The summed E-state index contributed by atoms with van der Waals surface area (Å²) in [6.45, 7) is 1.97. The Bertz CT molecular complexity index is 902. The van der Waals surface area contributed by atoms with E-state index >= 15 is 0 Å². The summed E-state index contributed by atoms with van der Waals surface area (Å²) in [5.74, 6) is 2.55. The fourth-order valence-electron chi connectivity index (χ4n) is 2.94. The van der Waals surface area contributed by atoms with Gasteiger partial charge in [-0.3, -0.25) is 4.79 Å². The maximum atomic E-state index is 12.9. The largest absolute Gasteiger partial charge is 0.496 e. The van der Waals surface area contributed by atoms with Crippen LogP contribution >= 0.6 is 0 Å². The zero-order valence-electron chi connectivity index (χ0n) is 16.2. The van der Waals surface area contributed by atoms with Crippen molar-refractivity contribution in [1.82, 2.24) is 0 Å². The van der Waals surface area contributed by atoms with Gasteiger partial charge in [0.15, 0.2) is 17.3 Å².